The van der Waals surface area contributed by atoms with Crippen LogP contribution in [0, 0.1) is 17.0 Å². The van der Waals surface area contributed by atoms with E-state index in [2.05, 4.69) is 0 Å². The van der Waals surface area contributed by atoms with Gasteiger partial charge in [-0.05, 0) is 31.2 Å². The van der Waals surface area contributed by atoms with Gasteiger partial charge in [-0.25, -0.2) is 8.42 Å². The molecule has 7 heteroatoms. The van der Waals surface area contributed by atoms with Crippen molar-refractivity contribution in [1.82, 2.24) is 0 Å². The lowest BCUT2D eigenvalue weighted by Crippen LogP contribution is -2.03. The van der Waals surface area contributed by atoms with Gasteiger partial charge in [-0.2, -0.15) is 0 Å². The van der Waals surface area contributed by atoms with E-state index in [4.69, 9.17) is 0 Å². The molecule has 0 aliphatic heterocycles. The second kappa shape index (κ2) is 4.93. The van der Waals surface area contributed by atoms with E-state index in [0.717, 1.165) is 23.8 Å². The first-order valence-electron chi connectivity index (χ1n) is 5.61. The molecule has 104 valence electrons. The van der Waals surface area contributed by atoms with E-state index in [1.54, 1.807) is 12.1 Å². The van der Waals surface area contributed by atoms with E-state index in [9.17, 15) is 23.6 Å². The SMILES string of the molecule is Cc1ccc(S(=O)(=O)c2ccc(O)c([N+](=O)[O-])c2)cc1. The average Bonchev–Trinajstić information content (AvgIpc) is 2.39. The first-order chi connectivity index (χ1) is 9.32. The Morgan fingerprint density at radius 3 is 2.15 bits per heavy atom. The van der Waals surface area contributed by atoms with E-state index in [1.165, 1.54) is 12.1 Å². The molecule has 0 radical (unpaired) electrons. The molecule has 0 spiro atoms. The van der Waals surface area contributed by atoms with Crippen molar-refractivity contribution < 1.29 is 18.4 Å². The van der Waals surface area contributed by atoms with Crippen molar-refractivity contribution in [3.63, 3.8) is 0 Å². The third kappa shape index (κ3) is 2.48. The van der Waals surface area contributed by atoms with Gasteiger partial charge in [0, 0.05) is 6.07 Å². The highest BCUT2D eigenvalue weighted by atomic mass is 32.2. The van der Waals surface area contributed by atoms with Gasteiger partial charge in [0.2, 0.25) is 9.84 Å². The molecule has 2 aromatic carbocycles. The Labute approximate surface area is 115 Å². The second-order valence-electron chi connectivity index (χ2n) is 4.22. The molecular formula is C13H11NO5S. The number of aryl methyl sites for hydroxylation is 1. The van der Waals surface area contributed by atoms with Crippen molar-refractivity contribution in [1.29, 1.82) is 0 Å². The van der Waals surface area contributed by atoms with Crippen molar-refractivity contribution in [2.24, 2.45) is 0 Å². The van der Waals surface area contributed by atoms with Crippen LogP contribution in [-0.2, 0) is 9.84 Å². The summed E-state index contributed by atoms with van der Waals surface area (Å²) in [6.07, 6.45) is 0. The minimum Gasteiger partial charge on any atom is -0.502 e. The van der Waals surface area contributed by atoms with Gasteiger partial charge in [0.05, 0.1) is 14.7 Å². The molecule has 0 saturated carbocycles. The summed E-state index contributed by atoms with van der Waals surface area (Å²) in [5.41, 5.74) is 0.263. The molecule has 0 aromatic heterocycles. The van der Waals surface area contributed by atoms with Crippen LogP contribution in [0.3, 0.4) is 0 Å². The topological polar surface area (TPSA) is 97.5 Å². The van der Waals surface area contributed by atoms with Crippen LogP contribution in [0.1, 0.15) is 5.56 Å². The van der Waals surface area contributed by atoms with Crippen LogP contribution in [0.2, 0.25) is 0 Å². The lowest BCUT2D eigenvalue weighted by Gasteiger charge is -2.05. The molecule has 6 nitrogen and oxygen atoms in total. The largest absolute Gasteiger partial charge is 0.502 e. The number of phenolic OH excluding ortho intramolecular Hbond substituents is 1. The number of nitro benzene ring substituents is 1. The Hall–Kier alpha value is -2.41. The second-order valence-corrected chi connectivity index (χ2v) is 6.17. The fraction of sp³-hybridized carbons (Fsp3) is 0.0769. The van der Waals surface area contributed by atoms with Gasteiger partial charge in [0.25, 0.3) is 0 Å². The van der Waals surface area contributed by atoms with Gasteiger partial charge in [-0.3, -0.25) is 10.1 Å². The molecule has 0 aliphatic carbocycles. The quantitative estimate of drug-likeness (QED) is 0.692. The third-order valence-electron chi connectivity index (χ3n) is 2.79. The van der Waals surface area contributed by atoms with Gasteiger partial charge in [-0.15, -0.1) is 0 Å². The zero-order valence-electron chi connectivity index (χ0n) is 10.5. The average molecular weight is 293 g/mol. The lowest BCUT2D eigenvalue weighted by atomic mass is 10.2. The zero-order valence-corrected chi connectivity index (χ0v) is 11.3. The molecule has 0 unspecified atom stereocenters. The van der Waals surface area contributed by atoms with E-state index >= 15 is 0 Å². The molecule has 0 saturated heterocycles. The maximum atomic E-state index is 12.3. The third-order valence-corrected chi connectivity index (χ3v) is 4.55. The van der Waals surface area contributed by atoms with Crippen LogP contribution in [0.25, 0.3) is 0 Å². The van der Waals surface area contributed by atoms with Crippen LogP contribution < -0.4 is 0 Å². The van der Waals surface area contributed by atoms with Gasteiger partial charge in [0.15, 0.2) is 5.75 Å². The standard InChI is InChI=1S/C13H11NO5S/c1-9-2-4-10(5-3-9)20(18,19)11-6-7-13(15)12(8-11)14(16)17/h2-8,15H,1H3. The van der Waals surface area contributed by atoms with Crippen LogP contribution in [0.5, 0.6) is 5.75 Å². The summed E-state index contributed by atoms with van der Waals surface area (Å²) in [4.78, 5) is 9.72. The molecule has 20 heavy (non-hydrogen) atoms. The minimum absolute atomic E-state index is 0.0445. The van der Waals surface area contributed by atoms with Crippen LogP contribution >= 0.6 is 0 Å². The van der Waals surface area contributed by atoms with Gasteiger partial charge >= 0.3 is 5.69 Å². The van der Waals surface area contributed by atoms with Crippen LogP contribution in [0.4, 0.5) is 5.69 Å². The first kappa shape index (κ1) is 14.0. The number of hydrogen-bond acceptors (Lipinski definition) is 5. The molecular weight excluding hydrogens is 282 g/mol. The lowest BCUT2D eigenvalue weighted by molar-refractivity contribution is -0.386. The Bertz CT molecular complexity index is 766. The molecule has 0 heterocycles. The Kier molecular flexibility index (Phi) is 3.46. The maximum absolute atomic E-state index is 12.3. The van der Waals surface area contributed by atoms with Crippen molar-refractivity contribution in [3.8, 4) is 5.75 Å². The highest BCUT2D eigenvalue weighted by molar-refractivity contribution is 7.91. The number of rotatable bonds is 3. The van der Waals surface area contributed by atoms with E-state index in [1.807, 2.05) is 6.92 Å². The van der Waals surface area contributed by atoms with Crippen molar-refractivity contribution in [2.75, 3.05) is 0 Å². The number of phenols is 1. The summed E-state index contributed by atoms with van der Waals surface area (Å²) >= 11 is 0. The zero-order chi connectivity index (χ0) is 14.9. The summed E-state index contributed by atoms with van der Waals surface area (Å²) in [5, 5.41) is 20.1. The molecule has 2 rings (SSSR count). The molecule has 0 amide bonds. The molecule has 0 aliphatic rings. The fourth-order valence-electron chi connectivity index (χ4n) is 1.67. The summed E-state index contributed by atoms with van der Waals surface area (Å²) in [5.74, 6) is -0.571. The van der Waals surface area contributed by atoms with Gasteiger partial charge in [-0.1, -0.05) is 17.7 Å². The summed E-state index contributed by atoms with van der Waals surface area (Å²) in [6.45, 7) is 1.82. The molecule has 2 aromatic rings. The fourth-order valence-corrected chi connectivity index (χ4v) is 2.95. The molecule has 0 fully saturated rings. The summed E-state index contributed by atoms with van der Waals surface area (Å²) < 4.78 is 24.7. The Balaban J connectivity index is 2.58. The Morgan fingerprint density at radius 1 is 1.05 bits per heavy atom. The number of nitrogens with zero attached hydrogens (tertiary/aromatic N) is 1. The smallest absolute Gasteiger partial charge is 0.312 e. The molecule has 0 atom stereocenters. The summed E-state index contributed by atoms with van der Waals surface area (Å²) in [7, 11) is -3.84. The van der Waals surface area contributed by atoms with E-state index < -0.39 is 26.2 Å². The van der Waals surface area contributed by atoms with E-state index in [-0.39, 0.29) is 9.79 Å². The highest BCUT2D eigenvalue weighted by Crippen LogP contribution is 2.30. The number of benzene rings is 2. The highest BCUT2D eigenvalue weighted by Gasteiger charge is 2.22. The number of nitro groups is 1. The van der Waals surface area contributed by atoms with Gasteiger partial charge < -0.3 is 5.11 Å². The normalized spacial score (nSPS) is 11.2. The van der Waals surface area contributed by atoms with Gasteiger partial charge in [0.1, 0.15) is 0 Å². The monoisotopic (exact) mass is 293 g/mol. The number of sulfone groups is 1. The van der Waals surface area contributed by atoms with Crippen molar-refractivity contribution >= 4 is 15.5 Å². The molecule has 1 N–H and O–H groups in total. The predicted octanol–water partition coefficient (Wildman–Crippen LogP) is 2.44. The number of hydrogen-bond donors (Lipinski definition) is 1. The first-order valence-corrected chi connectivity index (χ1v) is 7.10. The van der Waals surface area contributed by atoms with Crippen LogP contribution in [0.15, 0.2) is 52.3 Å². The minimum atomic E-state index is -3.84. The van der Waals surface area contributed by atoms with Crippen LogP contribution in [-0.4, -0.2) is 18.4 Å². The Morgan fingerprint density at radius 2 is 1.60 bits per heavy atom. The van der Waals surface area contributed by atoms with Crippen molar-refractivity contribution in [2.45, 2.75) is 16.7 Å². The predicted molar refractivity (Wildman–Crippen MR) is 71.4 cm³/mol. The number of aromatic hydroxyl groups is 1. The van der Waals surface area contributed by atoms with E-state index in [0.29, 0.717) is 0 Å². The maximum Gasteiger partial charge on any atom is 0.312 e. The molecule has 0 bridgehead atoms. The van der Waals surface area contributed by atoms with Crippen molar-refractivity contribution in [3.05, 3.63) is 58.1 Å². The summed E-state index contributed by atoms with van der Waals surface area (Å²) in [6, 6.07) is 9.14.